The van der Waals surface area contributed by atoms with Crippen molar-refractivity contribution in [3.63, 3.8) is 0 Å². The first kappa shape index (κ1) is 17.6. The van der Waals surface area contributed by atoms with Gasteiger partial charge in [0.05, 0.1) is 0 Å². The second kappa shape index (κ2) is 9.39. The number of phenols is 1. The summed E-state index contributed by atoms with van der Waals surface area (Å²) in [6.07, 6.45) is 9.40. The summed E-state index contributed by atoms with van der Waals surface area (Å²) in [6.45, 7) is 4.46. The van der Waals surface area contributed by atoms with E-state index in [4.69, 9.17) is 0 Å². The molecule has 0 aliphatic rings. The number of rotatable bonds is 9. The molecule has 0 atom stereocenters. The number of aryl methyl sites for hydroxylation is 2. The van der Waals surface area contributed by atoms with Crippen LogP contribution in [-0.4, -0.2) is 5.11 Å². The van der Waals surface area contributed by atoms with Crippen LogP contribution in [0.2, 0.25) is 0 Å². The van der Waals surface area contributed by atoms with Gasteiger partial charge in [-0.25, -0.2) is 0 Å². The topological polar surface area (TPSA) is 20.2 Å². The third-order valence-electron chi connectivity index (χ3n) is 4.45. The van der Waals surface area contributed by atoms with Gasteiger partial charge in [-0.15, -0.1) is 0 Å². The van der Waals surface area contributed by atoms with Gasteiger partial charge in [0.1, 0.15) is 5.75 Å². The van der Waals surface area contributed by atoms with Crippen LogP contribution in [0.15, 0.2) is 42.5 Å². The van der Waals surface area contributed by atoms with Crippen molar-refractivity contribution < 1.29 is 5.11 Å². The highest BCUT2D eigenvalue weighted by molar-refractivity contribution is 5.72. The Morgan fingerprint density at radius 2 is 1.43 bits per heavy atom. The minimum atomic E-state index is 0.478. The van der Waals surface area contributed by atoms with Crippen LogP contribution in [0, 0.1) is 0 Å². The Balaban J connectivity index is 2.30. The van der Waals surface area contributed by atoms with Crippen molar-refractivity contribution in [3.8, 4) is 16.9 Å². The molecule has 1 N–H and O–H groups in total. The van der Waals surface area contributed by atoms with Crippen molar-refractivity contribution in [2.75, 3.05) is 0 Å². The van der Waals surface area contributed by atoms with E-state index in [1.165, 1.54) is 37.7 Å². The molecule has 0 heterocycles. The summed E-state index contributed by atoms with van der Waals surface area (Å²) in [7, 11) is 0. The number of benzene rings is 2. The predicted molar refractivity (Wildman–Crippen MR) is 100 cm³/mol. The summed E-state index contributed by atoms with van der Waals surface area (Å²) in [6, 6.07) is 14.7. The first-order valence-corrected chi connectivity index (χ1v) is 9.16. The number of aromatic hydroxyl groups is 1. The van der Waals surface area contributed by atoms with Crippen molar-refractivity contribution >= 4 is 0 Å². The second-order valence-electron chi connectivity index (χ2n) is 6.43. The quantitative estimate of drug-likeness (QED) is 0.522. The number of hydrogen-bond donors (Lipinski definition) is 1. The molecule has 0 aliphatic carbocycles. The largest absolute Gasteiger partial charge is 0.507 e. The molecule has 0 aromatic heterocycles. The summed E-state index contributed by atoms with van der Waals surface area (Å²) in [5, 5.41) is 10.7. The third-order valence-corrected chi connectivity index (χ3v) is 4.45. The van der Waals surface area contributed by atoms with Gasteiger partial charge in [-0.1, -0.05) is 75.9 Å². The summed E-state index contributed by atoms with van der Waals surface area (Å²) in [5.74, 6) is 0.478. The fourth-order valence-electron chi connectivity index (χ4n) is 3.08. The van der Waals surface area contributed by atoms with Crippen molar-refractivity contribution in [1.29, 1.82) is 0 Å². The molecule has 23 heavy (non-hydrogen) atoms. The van der Waals surface area contributed by atoms with Crippen molar-refractivity contribution in [2.45, 2.75) is 65.2 Å². The zero-order valence-corrected chi connectivity index (χ0v) is 14.6. The van der Waals surface area contributed by atoms with E-state index in [1.54, 1.807) is 0 Å². The van der Waals surface area contributed by atoms with Crippen LogP contribution in [0.25, 0.3) is 11.1 Å². The van der Waals surface area contributed by atoms with Gasteiger partial charge in [-0.2, -0.15) is 0 Å². The predicted octanol–water partition coefficient (Wildman–Crippen LogP) is 6.52. The Morgan fingerprint density at radius 3 is 2.09 bits per heavy atom. The van der Waals surface area contributed by atoms with Crippen LogP contribution in [0.3, 0.4) is 0 Å². The molecule has 1 heteroatoms. The van der Waals surface area contributed by atoms with Crippen LogP contribution in [-0.2, 0) is 12.8 Å². The monoisotopic (exact) mass is 310 g/mol. The highest BCUT2D eigenvalue weighted by Crippen LogP contribution is 2.35. The van der Waals surface area contributed by atoms with Gasteiger partial charge < -0.3 is 5.11 Å². The normalized spacial score (nSPS) is 10.9. The lowest BCUT2D eigenvalue weighted by atomic mass is 9.93. The second-order valence-corrected chi connectivity index (χ2v) is 6.43. The highest BCUT2D eigenvalue weighted by Gasteiger charge is 2.11. The van der Waals surface area contributed by atoms with Gasteiger partial charge in [0.15, 0.2) is 0 Å². The summed E-state index contributed by atoms with van der Waals surface area (Å²) >= 11 is 0. The maximum Gasteiger partial charge on any atom is 0.126 e. The number of phenolic OH excluding ortho intramolecular Hbond substituents is 1. The van der Waals surface area contributed by atoms with Gasteiger partial charge >= 0.3 is 0 Å². The molecule has 0 aliphatic heterocycles. The van der Waals surface area contributed by atoms with E-state index in [9.17, 15) is 5.11 Å². The summed E-state index contributed by atoms with van der Waals surface area (Å²) < 4.78 is 0. The van der Waals surface area contributed by atoms with Crippen molar-refractivity contribution in [3.05, 3.63) is 53.6 Å². The molecule has 2 aromatic carbocycles. The molecule has 0 bridgehead atoms. The van der Waals surface area contributed by atoms with Crippen LogP contribution >= 0.6 is 0 Å². The number of hydrogen-bond acceptors (Lipinski definition) is 1. The molecular weight excluding hydrogens is 280 g/mol. The number of unbranched alkanes of at least 4 members (excludes halogenated alkanes) is 4. The van der Waals surface area contributed by atoms with Gasteiger partial charge in [-0.3, -0.25) is 0 Å². The average molecular weight is 310 g/mol. The van der Waals surface area contributed by atoms with Crippen LogP contribution in [0.1, 0.15) is 63.5 Å². The zero-order valence-electron chi connectivity index (χ0n) is 14.6. The van der Waals surface area contributed by atoms with Gasteiger partial charge in [0, 0.05) is 5.56 Å². The molecular formula is C22H30O. The lowest BCUT2D eigenvalue weighted by Gasteiger charge is -2.14. The molecule has 2 aromatic rings. The average Bonchev–Trinajstić information content (AvgIpc) is 2.58. The van der Waals surface area contributed by atoms with E-state index in [0.717, 1.165) is 36.0 Å². The molecule has 1 nitrogen and oxygen atoms in total. The Labute approximate surface area is 141 Å². The van der Waals surface area contributed by atoms with E-state index in [2.05, 4.69) is 38.1 Å². The first-order valence-electron chi connectivity index (χ1n) is 9.16. The van der Waals surface area contributed by atoms with E-state index >= 15 is 0 Å². The van der Waals surface area contributed by atoms with Crippen LogP contribution in [0.5, 0.6) is 5.75 Å². The lowest BCUT2D eigenvalue weighted by Crippen LogP contribution is -1.94. The Hall–Kier alpha value is -1.76. The Morgan fingerprint density at radius 1 is 0.783 bits per heavy atom. The van der Waals surface area contributed by atoms with Crippen LogP contribution < -0.4 is 0 Å². The van der Waals surface area contributed by atoms with E-state index in [-0.39, 0.29) is 0 Å². The molecule has 2 rings (SSSR count). The molecule has 0 radical (unpaired) electrons. The minimum Gasteiger partial charge on any atom is -0.507 e. The van der Waals surface area contributed by atoms with Gasteiger partial charge in [0.25, 0.3) is 0 Å². The third kappa shape index (κ3) is 5.13. The maximum atomic E-state index is 10.7. The maximum absolute atomic E-state index is 10.7. The van der Waals surface area contributed by atoms with E-state index < -0.39 is 0 Å². The van der Waals surface area contributed by atoms with Gasteiger partial charge in [0.2, 0.25) is 0 Å². The van der Waals surface area contributed by atoms with E-state index in [1.807, 2.05) is 18.2 Å². The summed E-state index contributed by atoms with van der Waals surface area (Å²) in [5.41, 5.74) is 4.58. The van der Waals surface area contributed by atoms with Crippen molar-refractivity contribution in [2.24, 2.45) is 0 Å². The first-order chi connectivity index (χ1) is 11.3. The SMILES string of the molecule is CCCCCc1cc(CCCCC)c(O)c(-c2ccccc2)c1. The standard InChI is InChI=1S/C22H30O/c1-3-5-8-12-18-16-20(15-9-6-4-2)22(23)21(17-18)19-13-10-7-11-14-19/h7,10-11,13-14,16-17,23H,3-6,8-9,12,15H2,1-2H3. The fraction of sp³-hybridized carbons (Fsp3) is 0.455. The minimum absolute atomic E-state index is 0.478. The molecule has 0 saturated heterocycles. The Kier molecular flexibility index (Phi) is 7.19. The van der Waals surface area contributed by atoms with E-state index in [0.29, 0.717) is 5.75 Å². The molecule has 0 fully saturated rings. The molecule has 0 amide bonds. The molecule has 124 valence electrons. The molecule has 0 unspecified atom stereocenters. The Bertz CT molecular complexity index is 586. The zero-order chi connectivity index (χ0) is 16.5. The highest BCUT2D eigenvalue weighted by atomic mass is 16.3. The van der Waals surface area contributed by atoms with Gasteiger partial charge in [-0.05, 0) is 48.4 Å². The smallest absolute Gasteiger partial charge is 0.126 e. The molecule has 0 saturated carbocycles. The summed E-state index contributed by atoms with van der Waals surface area (Å²) in [4.78, 5) is 0. The van der Waals surface area contributed by atoms with Crippen molar-refractivity contribution in [1.82, 2.24) is 0 Å². The molecule has 0 spiro atoms. The fourth-order valence-corrected chi connectivity index (χ4v) is 3.08. The lowest BCUT2D eigenvalue weighted by molar-refractivity contribution is 0.468. The van der Waals surface area contributed by atoms with Crippen LogP contribution in [0.4, 0.5) is 0 Å².